The molecule has 2 heterocycles. The summed E-state index contributed by atoms with van der Waals surface area (Å²) in [4.78, 5) is 7.11. The number of aliphatic imine (C=N–C) groups is 1. The van der Waals surface area contributed by atoms with Crippen LogP contribution in [0.3, 0.4) is 0 Å². The third-order valence-electron chi connectivity index (χ3n) is 4.13. The Kier molecular flexibility index (Phi) is 5.06. The Morgan fingerprint density at radius 3 is 2.64 bits per heavy atom. The molecule has 0 spiro atoms. The van der Waals surface area contributed by atoms with Crippen LogP contribution in [0.15, 0.2) is 35.3 Å². The molecule has 0 N–H and O–H groups in total. The molecule has 0 bridgehead atoms. The molecule has 4 nitrogen and oxygen atoms in total. The molecule has 2 aliphatic heterocycles. The molecular formula is C17H24N2O2S. The maximum atomic E-state index is 6.17. The summed E-state index contributed by atoms with van der Waals surface area (Å²) in [6, 6.07) is 10.2. The molecule has 22 heavy (non-hydrogen) atoms. The number of hydrogen-bond acceptors (Lipinski definition) is 5. The first-order valence-corrected chi connectivity index (χ1v) is 8.97. The second-order valence-corrected chi connectivity index (χ2v) is 7.12. The standard InChI is InChI=1S/C17H24N2O2S/c1-14(19-10-6-7-11-19)12-20-17(13-22-15(2)18-17)21-16-8-4-3-5-9-16/h3-5,8-9,14H,6-7,10-13H2,1-2H3. The largest absolute Gasteiger partial charge is 0.442 e. The van der Waals surface area contributed by atoms with E-state index in [1.807, 2.05) is 37.3 Å². The molecule has 2 atom stereocenters. The highest BCUT2D eigenvalue weighted by Crippen LogP contribution is 2.32. The summed E-state index contributed by atoms with van der Waals surface area (Å²) in [5.41, 5.74) is 0. The molecular weight excluding hydrogens is 296 g/mol. The Labute approximate surface area is 136 Å². The minimum Gasteiger partial charge on any atom is -0.442 e. The fourth-order valence-corrected chi connectivity index (χ4v) is 3.67. The number of likely N-dealkylation sites (tertiary alicyclic amines) is 1. The lowest BCUT2D eigenvalue weighted by molar-refractivity contribution is -0.166. The van der Waals surface area contributed by atoms with Gasteiger partial charge in [0.2, 0.25) is 0 Å². The Morgan fingerprint density at radius 1 is 1.27 bits per heavy atom. The van der Waals surface area contributed by atoms with Crippen molar-refractivity contribution >= 4 is 16.8 Å². The Balaban J connectivity index is 1.65. The molecule has 1 fully saturated rings. The van der Waals surface area contributed by atoms with Crippen LogP contribution in [-0.4, -0.2) is 47.3 Å². The fraction of sp³-hybridized carbons (Fsp3) is 0.588. The van der Waals surface area contributed by atoms with Gasteiger partial charge in [-0.25, -0.2) is 4.99 Å². The van der Waals surface area contributed by atoms with E-state index in [4.69, 9.17) is 9.47 Å². The molecule has 0 aromatic heterocycles. The van der Waals surface area contributed by atoms with Crippen molar-refractivity contribution in [2.45, 2.75) is 38.6 Å². The molecule has 5 heteroatoms. The molecule has 0 saturated carbocycles. The average Bonchev–Trinajstić information content (AvgIpc) is 3.17. The van der Waals surface area contributed by atoms with Crippen LogP contribution in [0, 0.1) is 0 Å². The van der Waals surface area contributed by atoms with Gasteiger partial charge in [-0.3, -0.25) is 4.90 Å². The average molecular weight is 320 g/mol. The summed E-state index contributed by atoms with van der Waals surface area (Å²) < 4.78 is 12.3. The molecule has 0 aliphatic carbocycles. The maximum absolute atomic E-state index is 6.17. The topological polar surface area (TPSA) is 34.1 Å². The third-order valence-corrected chi connectivity index (χ3v) is 5.14. The summed E-state index contributed by atoms with van der Waals surface area (Å²) in [6.07, 6.45) is 2.59. The highest BCUT2D eigenvalue weighted by molar-refractivity contribution is 8.14. The Hall–Kier alpha value is -1.04. The minimum atomic E-state index is -0.871. The van der Waals surface area contributed by atoms with Gasteiger partial charge in [0.1, 0.15) is 5.75 Å². The van der Waals surface area contributed by atoms with Crippen molar-refractivity contribution in [3.8, 4) is 5.75 Å². The molecule has 0 amide bonds. The first kappa shape index (κ1) is 15.8. The summed E-state index contributed by atoms with van der Waals surface area (Å²) in [6.45, 7) is 7.22. The highest BCUT2D eigenvalue weighted by Gasteiger charge is 2.39. The van der Waals surface area contributed by atoms with Crippen LogP contribution in [0.4, 0.5) is 0 Å². The van der Waals surface area contributed by atoms with Gasteiger partial charge < -0.3 is 9.47 Å². The molecule has 1 saturated heterocycles. The van der Waals surface area contributed by atoms with E-state index in [1.54, 1.807) is 11.8 Å². The molecule has 2 unspecified atom stereocenters. The second kappa shape index (κ2) is 7.02. The summed E-state index contributed by atoms with van der Waals surface area (Å²) >= 11 is 1.69. The van der Waals surface area contributed by atoms with Gasteiger partial charge in [-0.1, -0.05) is 18.2 Å². The smallest absolute Gasteiger partial charge is 0.323 e. The number of rotatable bonds is 6. The van der Waals surface area contributed by atoms with E-state index in [-0.39, 0.29) is 0 Å². The van der Waals surface area contributed by atoms with E-state index in [1.165, 1.54) is 25.9 Å². The van der Waals surface area contributed by atoms with Gasteiger partial charge in [-0.2, -0.15) is 0 Å². The highest BCUT2D eigenvalue weighted by atomic mass is 32.2. The van der Waals surface area contributed by atoms with E-state index in [9.17, 15) is 0 Å². The number of thioether (sulfide) groups is 1. The summed E-state index contributed by atoms with van der Waals surface area (Å²) in [5, 5.41) is 1.02. The monoisotopic (exact) mass is 320 g/mol. The molecule has 3 rings (SSSR count). The normalized spacial score (nSPS) is 26.9. The third kappa shape index (κ3) is 3.83. The maximum Gasteiger partial charge on any atom is 0.323 e. The number of para-hydroxylation sites is 1. The van der Waals surface area contributed by atoms with E-state index < -0.39 is 5.91 Å². The van der Waals surface area contributed by atoms with Crippen LogP contribution in [0.5, 0.6) is 5.75 Å². The van der Waals surface area contributed by atoms with Crippen molar-refractivity contribution in [1.29, 1.82) is 0 Å². The first-order valence-electron chi connectivity index (χ1n) is 7.98. The van der Waals surface area contributed by atoms with E-state index >= 15 is 0 Å². The second-order valence-electron chi connectivity index (χ2n) is 5.95. The lowest BCUT2D eigenvalue weighted by atomic mass is 10.3. The van der Waals surface area contributed by atoms with Crippen molar-refractivity contribution in [3.05, 3.63) is 30.3 Å². The lowest BCUT2D eigenvalue weighted by Gasteiger charge is -2.30. The van der Waals surface area contributed by atoms with Crippen LogP contribution in [-0.2, 0) is 4.74 Å². The minimum absolute atomic E-state index is 0.403. The molecule has 0 radical (unpaired) electrons. The van der Waals surface area contributed by atoms with Crippen molar-refractivity contribution in [3.63, 3.8) is 0 Å². The zero-order valence-corrected chi connectivity index (χ0v) is 14.1. The first-order chi connectivity index (χ1) is 10.7. The summed E-state index contributed by atoms with van der Waals surface area (Å²) in [5.74, 6) is 0.639. The summed E-state index contributed by atoms with van der Waals surface area (Å²) in [7, 11) is 0. The van der Waals surface area contributed by atoms with Crippen LogP contribution in [0.2, 0.25) is 0 Å². The number of benzene rings is 1. The predicted molar refractivity (Wildman–Crippen MR) is 91.6 cm³/mol. The molecule has 1 aromatic carbocycles. The van der Waals surface area contributed by atoms with Gasteiger partial charge in [-0.05, 0) is 51.9 Å². The van der Waals surface area contributed by atoms with E-state index in [0.717, 1.165) is 10.8 Å². The lowest BCUT2D eigenvalue weighted by Crippen LogP contribution is -2.43. The van der Waals surface area contributed by atoms with Crippen LogP contribution in [0.25, 0.3) is 0 Å². The zero-order chi connectivity index (χ0) is 15.4. The van der Waals surface area contributed by atoms with Crippen molar-refractivity contribution in [2.24, 2.45) is 4.99 Å². The van der Waals surface area contributed by atoms with E-state index in [0.29, 0.717) is 18.4 Å². The van der Waals surface area contributed by atoms with Crippen LogP contribution in [0.1, 0.15) is 26.7 Å². The van der Waals surface area contributed by atoms with Gasteiger partial charge in [0.25, 0.3) is 0 Å². The van der Waals surface area contributed by atoms with Crippen molar-refractivity contribution in [1.82, 2.24) is 4.90 Å². The zero-order valence-electron chi connectivity index (χ0n) is 13.3. The Morgan fingerprint density at radius 2 is 2.00 bits per heavy atom. The SMILES string of the molecule is CC1=NC(OCC(C)N2CCCC2)(Oc2ccccc2)CS1. The number of hydrogen-bond donors (Lipinski definition) is 0. The van der Waals surface area contributed by atoms with E-state index in [2.05, 4.69) is 16.8 Å². The number of nitrogens with zero attached hydrogens (tertiary/aromatic N) is 2. The quantitative estimate of drug-likeness (QED) is 0.753. The van der Waals surface area contributed by atoms with Gasteiger partial charge in [0, 0.05) is 6.04 Å². The van der Waals surface area contributed by atoms with Gasteiger partial charge in [0.05, 0.1) is 17.4 Å². The van der Waals surface area contributed by atoms with Gasteiger partial charge in [-0.15, -0.1) is 11.8 Å². The molecule has 120 valence electrons. The Bertz CT molecular complexity index is 517. The van der Waals surface area contributed by atoms with Gasteiger partial charge >= 0.3 is 5.91 Å². The van der Waals surface area contributed by atoms with Crippen molar-refractivity contribution in [2.75, 3.05) is 25.4 Å². The predicted octanol–water partition coefficient (Wildman–Crippen LogP) is 3.39. The van der Waals surface area contributed by atoms with Crippen LogP contribution >= 0.6 is 11.8 Å². The number of ether oxygens (including phenoxy) is 2. The van der Waals surface area contributed by atoms with Crippen LogP contribution < -0.4 is 4.74 Å². The fourth-order valence-electron chi connectivity index (χ4n) is 2.87. The molecule has 1 aromatic rings. The molecule has 2 aliphatic rings. The van der Waals surface area contributed by atoms with Crippen molar-refractivity contribution < 1.29 is 9.47 Å². The van der Waals surface area contributed by atoms with Gasteiger partial charge in [0.15, 0.2) is 0 Å².